The van der Waals surface area contributed by atoms with E-state index < -0.39 is 25.2 Å². The van der Waals surface area contributed by atoms with Crippen LogP contribution in [0.2, 0.25) is 5.02 Å². The van der Waals surface area contributed by atoms with Gasteiger partial charge in [0.2, 0.25) is 0 Å². The molecule has 31 heavy (non-hydrogen) atoms. The number of benzene rings is 1. The number of aromatic nitrogens is 1. The largest absolute Gasteiger partial charge is 0.349 e. The molecule has 1 aliphatic carbocycles. The molecule has 0 radical (unpaired) electrons. The van der Waals surface area contributed by atoms with Crippen molar-refractivity contribution < 1.29 is 18.0 Å². The monoisotopic (exact) mass is 465 g/mol. The maximum atomic E-state index is 12.8. The Kier molecular flexibility index (Phi) is 6.26. The highest BCUT2D eigenvalue weighted by atomic mass is 35.5. The Morgan fingerprint density at radius 2 is 1.71 bits per heavy atom. The summed E-state index contributed by atoms with van der Waals surface area (Å²) in [4.78, 5) is 28.0. The lowest BCUT2D eigenvalue weighted by Gasteiger charge is -2.27. The van der Waals surface area contributed by atoms with Gasteiger partial charge in [-0.15, -0.1) is 0 Å². The van der Waals surface area contributed by atoms with Crippen molar-refractivity contribution in [3.63, 3.8) is 0 Å². The minimum atomic E-state index is -3.39. The van der Waals surface area contributed by atoms with Crippen LogP contribution in [0.25, 0.3) is 0 Å². The summed E-state index contributed by atoms with van der Waals surface area (Å²) in [6.07, 6.45) is 1.07. The molecule has 3 rings (SSSR count). The molecule has 1 aromatic carbocycles. The minimum Gasteiger partial charge on any atom is -0.349 e. The van der Waals surface area contributed by atoms with Gasteiger partial charge in [-0.1, -0.05) is 23.7 Å². The molecule has 2 amide bonds. The van der Waals surface area contributed by atoms with Crippen LogP contribution in [0.5, 0.6) is 0 Å². The molecule has 1 fully saturated rings. The van der Waals surface area contributed by atoms with Crippen LogP contribution in [-0.2, 0) is 16.4 Å². The van der Waals surface area contributed by atoms with E-state index in [2.05, 4.69) is 15.6 Å². The van der Waals surface area contributed by atoms with E-state index >= 15 is 0 Å². The van der Waals surface area contributed by atoms with E-state index in [1.54, 1.807) is 45.9 Å². The number of carbonyl (C=O) groups is 2. The first-order valence-electron chi connectivity index (χ1n) is 10.1. The van der Waals surface area contributed by atoms with Gasteiger partial charge in [0.15, 0.2) is 9.84 Å². The molecule has 1 aromatic heterocycles. The SMILES string of the molecule is Cc1cc(C(=O)NCc2ccc(Cl)cc2)[nH]c1C(=O)NCC1(S(=O)(=O)C(C)(C)C)CC1. The number of H-pyrrole nitrogens is 1. The molecular weight excluding hydrogens is 438 g/mol. The van der Waals surface area contributed by atoms with Gasteiger partial charge < -0.3 is 15.6 Å². The Morgan fingerprint density at radius 3 is 2.26 bits per heavy atom. The molecule has 2 aromatic rings. The minimum absolute atomic E-state index is 0.0575. The van der Waals surface area contributed by atoms with Crippen molar-refractivity contribution in [3.8, 4) is 0 Å². The van der Waals surface area contributed by atoms with Crippen molar-refractivity contribution in [2.45, 2.75) is 56.6 Å². The van der Waals surface area contributed by atoms with Gasteiger partial charge in [0.25, 0.3) is 11.8 Å². The molecule has 1 aliphatic rings. The lowest BCUT2D eigenvalue weighted by molar-refractivity contribution is 0.0945. The summed E-state index contributed by atoms with van der Waals surface area (Å²) < 4.78 is 23.9. The Bertz CT molecular complexity index is 1090. The van der Waals surface area contributed by atoms with Gasteiger partial charge in [-0.25, -0.2) is 8.42 Å². The van der Waals surface area contributed by atoms with Crippen molar-refractivity contribution in [2.24, 2.45) is 0 Å². The second kappa shape index (κ2) is 8.31. The van der Waals surface area contributed by atoms with E-state index in [1.165, 1.54) is 0 Å². The molecule has 0 atom stereocenters. The first kappa shape index (κ1) is 23.3. The standard InChI is InChI=1S/C22H28ClN3O4S/c1-14-11-17(19(27)24-12-15-5-7-16(23)8-6-15)26-18(14)20(28)25-13-22(9-10-22)31(29,30)21(2,3)4/h5-8,11,26H,9-10,12-13H2,1-4H3,(H,24,27)(H,25,28). The highest BCUT2D eigenvalue weighted by Crippen LogP contribution is 2.47. The maximum Gasteiger partial charge on any atom is 0.268 e. The lowest BCUT2D eigenvalue weighted by Crippen LogP contribution is -2.46. The molecule has 7 nitrogen and oxygen atoms in total. The second-order valence-electron chi connectivity index (χ2n) is 9.03. The normalized spacial score (nSPS) is 15.4. The number of amides is 2. The van der Waals surface area contributed by atoms with Crippen molar-refractivity contribution in [2.75, 3.05) is 6.54 Å². The van der Waals surface area contributed by atoms with Gasteiger partial charge >= 0.3 is 0 Å². The molecule has 0 saturated heterocycles. The molecule has 168 valence electrons. The number of halogens is 1. The van der Waals surface area contributed by atoms with Gasteiger partial charge in [0.05, 0.1) is 9.49 Å². The summed E-state index contributed by atoms with van der Waals surface area (Å²) in [5, 5.41) is 6.15. The number of carbonyl (C=O) groups excluding carboxylic acids is 2. The van der Waals surface area contributed by atoms with Crippen LogP contribution in [0.3, 0.4) is 0 Å². The van der Waals surface area contributed by atoms with Crippen LogP contribution in [0.1, 0.15) is 65.7 Å². The predicted octanol–water partition coefficient (Wildman–Crippen LogP) is 3.38. The molecule has 0 unspecified atom stereocenters. The number of aromatic amines is 1. The first-order chi connectivity index (χ1) is 14.4. The third-order valence-electron chi connectivity index (χ3n) is 5.61. The van der Waals surface area contributed by atoms with Crippen molar-refractivity contribution in [3.05, 3.63) is 57.9 Å². The third kappa shape index (κ3) is 4.80. The number of nitrogens with one attached hydrogen (secondary N) is 3. The van der Waals surface area contributed by atoms with Crippen LogP contribution in [0.4, 0.5) is 0 Å². The number of hydrogen-bond donors (Lipinski definition) is 3. The third-order valence-corrected chi connectivity index (χ3v) is 9.16. The van der Waals surface area contributed by atoms with Crippen LogP contribution in [-0.4, -0.2) is 41.3 Å². The average Bonchev–Trinajstić information content (AvgIpc) is 3.40. The van der Waals surface area contributed by atoms with E-state index in [9.17, 15) is 18.0 Å². The molecule has 1 saturated carbocycles. The molecule has 0 spiro atoms. The zero-order valence-electron chi connectivity index (χ0n) is 18.1. The molecule has 0 aliphatic heterocycles. The van der Waals surface area contributed by atoms with Crippen molar-refractivity contribution >= 4 is 33.3 Å². The van der Waals surface area contributed by atoms with Gasteiger partial charge in [-0.05, 0) is 69.9 Å². The summed E-state index contributed by atoms with van der Waals surface area (Å²) >= 11 is 5.86. The Labute approximate surface area is 187 Å². The smallest absolute Gasteiger partial charge is 0.268 e. The highest BCUT2D eigenvalue weighted by molar-refractivity contribution is 7.94. The predicted molar refractivity (Wildman–Crippen MR) is 121 cm³/mol. The molecular formula is C22H28ClN3O4S. The maximum absolute atomic E-state index is 12.8. The Balaban J connectivity index is 1.63. The molecule has 9 heteroatoms. The number of rotatable bonds is 7. The zero-order chi connectivity index (χ0) is 23.0. The highest BCUT2D eigenvalue weighted by Gasteiger charge is 2.58. The lowest BCUT2D eigenvalue weighted by atomic mass is 10.2. The number of aryl methyl sites for hydroxylation is 1. The van der Waals surface area contributed by atoms with Gasteiger partial charge in [-0.3, -0.25) is 9.59 Å². The fourth-order valence-electron chi connectivity index (χ4n) is 3.46. The Morgan fingerprint density at radius 1 is 1.10 bits per heavy atom. The second-order valence-corrected chi connectivity index (χ2v) is 12.6. The summed E-state index contributed by atoms with van der Waals surface area (Å²) in [5.74, 6) is -0.768. The van der Waals surface area contributed by atoms with Gasteiger partial charge in [0, 0.05) is 18.1 Å². The van der Waals surface area contributed by atoms with Crippen LogP contribution < -0.4 is 10.6 Å². The van der Waals surface area contributed by atoms with Crippen molar-refractivity contribution in [1.82, 2.24) is 15.6 Å². The summed E-state index contributed by atoms with van der Waals surface area (Å²) in [7, 11) is -3.39. The summed E-state index contributed by atoms with van der Waals surface area (Å²) in [6, 6.07) is 8.74. The van der Waals surface area contributed by atoms with Gasteiger partial charge in [0.1, 0.15) is 11.4 Å². The average molecular weight is 466 g/mol. The number of hydrogen-bond acceptors (Lipinski definition) is 4. The fraction of sp³-hybridized carbons (Fsp3) is 0.455. The van der Waals surface area contributed by atoms with Gasteiger partial charge in [-0.2, -0.15) is 0 Å². The number of sulfone groups is 1. The molecule has 1 heterocycles. The summed E-state index contributed by atoms with van der Waals surface area (Å²) in [5.41, 5.74) is 2.02. The van der Waals surface area contributed by atoms with E-state index in [4.69, 9.17) is 11.6 Å². The Hall–Kier alpha value is -2.32. The van der Waals surface area contributed by atoms with E-state index in [-0.39, 0.29) is 23.8 Å². The molecule has 3 N–H and O–H groups in total. The van der Waals surface area contributed by atoms with E-state index in [1.807, 2.05) is 12.1 Å². The van der Waals surface area contributed by atoms with Crippen LogP contribution in [0, 0.1) is 6.92 Å². The van der Waals surface area contributed by atoms with E-state index in [0.29, 0.717) is 30.0 Å². The van der Waals surface area contributed by atoms with Crippen LogP contribution >= 0.6 is 11.6 Å². The van der Waals surface area contributed by atoms with Crippen molar-refractivity contribution in [1.29, 1.82) is 0 Å². The topological polar surface area (TPSA) is 108 Å². The molecule has 0 bridgehead atoms. The zero-order valence-corrected chi connectivity index (χ0v) is 19.7. The quantitative estimate of drug-likeness (QED) is 0.582. The fourth-order valence-corrected chi connectivity index (χ4v) is 5.78. The van der Waals surface area contributed by atoms with Crippen LogP contribution in [0.15, 0.2) is 30.3 Å². The summed E-state index contributed by atoms with van der Waals surface area (Å²) in [6.45, 7) is 7.13. The van der Waals surface area contributed by atoms with E-state index in [0.717, 1.165) is 5.56 Å². The first-order valence-corrected chi connectivity index (χ1v) is 12.0.